The lowest BCUT2D eigenvalue weighted by Gasteiger charge is -2.61. The molecule has 4 bridgehead atoms. The Balaban J connectivity index is 1.20. The number of nitrogens with zero attached hydrogens (tertiary/aromatic N) is 2. The van der Waals surface area contributed by atoms with E-state index in [0.29, 0.717) is 25.7 Å². The normalized spacial score (nSPS) is 26.3. The number of aromatic nitrogens is 2. The molecule has 5 fully saturated rings. The monoisotopic (exact) mass is 760 g/mol. The van der Waals surface area contributed by atoms with Gasteiger partial charge in [-0.25, -0.2) is 14.6 Å². The van der Waals surface area contributed by atoms with E-state index in [1.165, 1.54) is 7.11 Å². The van der Waals surface area contributed by atoms with Crippen LogP contribution in [0.5, 0.6) is 0 Å². The first-order chi connectivity index (χ1) is 26.1. The molecule has 5 aliphatic carbocycles. The van der Waals surface area contributed by atoms with Crippen molar-refractivity contribution in [3.8, 4) is 0 Å². The van der Waals surface area contributed by atoms with Gasteiger partial charge in [0.2, 0.25) is 17.7 Å². The van der Waals surface area contributed by atoms with Gasteiger partial charge in [0, 0.05) is 37.3 Å². The summed E-state index contributed by atoms with van der Waals surface area (Å²) in [6, 6.07) is 6.82. The van der Waals surface area contributed by atoms with Crippen LogP contribution in [0.4, 0.5) is 4.79 Å². The fourth-order valence-electron chi connectivity index (χ4n) is 10.2. The van der Waals surface area contributed by atoms with E-state index in [1.54, 1.807) is 33.3 Å². The maximum absolute atomic E-state index is 14.7. The van der Waals surface area contributed by atoms with Gasteiger partial charge in [0.25, 0.3) is 0 Å². The Hall–Kier alpha value is -4.42. The van der Waals surface area contributed by atoms with Crippen LogP contribution in [0.2, 0.25) is 0 Å². The van der Waals surface area contributed by atoms with Gasteiger partial charge in [0.05, 0.1) is 18.9 Å². The Labute approximate surface area is 324 Å². The number of rotatable bonds is 14. The lowest BCUT2D eigenvalue weighted by atomic mass is 9.46. The highest BCUT2D eigenvalue weighted by atomic mass is 16.6. The molecule has 55 heavy (non-hydrogen) atoms. The predicted molar refractivity (Wildman–Crippen MR) is 205 cm³/mol. The van der Waals surface area contributed by atoms with Gasteiger partial charge in [-0.15, -0.1) is 0 Å². The van der Waals surface area contributed by atoms with Gasteiger partial charge in [0.15, 0.2) is 0 Å². The zero-order chi connectivity index (χ0) is 39.4. The van der Waals surface area contributed by atoms with E-state index in [1.807, 2.05) is 41.9 Å². The second-order valence-electron chi connectivity index (χ2n) is 17.9. The third-order valence-corrected chi connectivity index (χ3v) is 12.3. The maximum Gasteiger partial charge on any atom is 0.408 e. The molecule has 1 aromatic heterocycles. The van der Waals surface area contributed by atoms with Crippen molar-refractivity contribution in [3.05, 3.63) is 54.1 Å². The molecule has 1 aromatic carbocycles. The van der Waals surface area contributed by atoms with Crippen LogP contribution in [0.3, 0.4) is 0 Å². The molecular weight excluding hydrogens is 700 g/mol. The number of methoxy groups -OCH3 is 1. The van der Waals surface area contributed by atoms with Crippen molar-refractivity contribution in [1.29, 1.82) is 0 Å². The molecule has 5 aliphatic rings. The summed E-state index contributed by atoms with van der Waals surface area (Å²) < 4.78 is 12.4. The highest BCUT2D eigenvalue weighted by Gasteiger charge is 2.61. The van der Waals surface area contributed by atoms with Gasteiger partial charge >= 0.3 is 12.1 Å². The van der Waals surface area contributed by atoms with E-state index < -0.39 is 46.7 Å². The quantitative estimate of drug-likeness (QED) is 0.202. The summed E-state index contributed by atoms with van der Waals surface area (Å²) in [6.07, 6.45) is 13.3. The summed E-state index contributed by atoms with van der Waals surface area (Å²) in [5.41, 5.74) is -0.477. The molecule has 5 atom stereocenters. The lowest BCUT2D eigenvalue weighted by molar-refractivity contribution is -0.155. The van der Waals surface area contributed by atoms with Crippen LogP contribution < -0.4 is 21.3 Å². The number of imidazole rings is 1. The molecule has 300 valence electrons. The van der Waals surface area contributed by atoms with Crippen molar-refractivity contribution in [2.75, 3.05) is 7.11 Å². The molecule has 0 spiro atoms. The van der Waals surface area contributed by atoms with Crippen LogP contribution in [-0.2, 0) is 48.5 Å². The second-order valence-corrected chi connectivity index (χ2v) is 17.9. The number of aryl methyl sites for hydroxylation is 1. The van der Waals surface area contributed by atoms with E-state index >= 15 is 0 Å². The molecule has 7 rings (SSSR count). The van der Waals surface area contributed by atoms with Gasteiger partial charge in [-0.1, -0.05) is 62.4 Å². The van der Waals surface area contributed by atoms with Crippen LogP contribution in [0.1, 0.15) is 109 Å². The summed E-state index contributed by atoms with van der Waals surface area (Å²) in [4.78, 5) is 73.2. The average molecular weight is 761 g/mol. The summed E-state index contributed by atoms with van der Waals surface area (Å²) in [5.74, 6) is -0.653. The van der Waals surface area contributed by atoms with Gasteiger partial charge in [-0.3, -0.25) is 14.4 Å². The van der Waals surface area contributed by atoms with Crippen molar-refractivity contribution < 1.29 is 33.4 Å². The lowest BCUT2D eigenvalue weighted by Crippen LogP contribution is -2.68. The molecule has 5 saturated carbocycles. The summed E-state index contributed by atoms with van der Waals surface area (Å²) in [7, 11) is 3.15. The first-order valence-corrected chi connectivity index (χ1v) is 20.1. The van der Waals surface area contributed by atoms with Gasteiger partial charge in [0.1, 0.15) is 23.7 Å². The fourth-order valence-corrected chi connectivity index (χ4v) is 10.2. The Morgan fingerprint density at radius 3 is 2.18 bits per heavy atom. The highest BCUT2D eigenvalue weighted by Crippen LogP contribution is 2.61. The van der Waals surface area contributed by atoms with Crippen LogP contribution in [0.25, 0.3) is 0 Å². The molecule has 13 nitrogen and oxygen atoms in total. The molecule has 4 amide bonds. The zero-order valence-electron chi connectivity index (χ0n) is 33.2. The average Bonchev–Trinajstić information content (AvgIpc) is 3.53. The van der Waals surface area contributed by atoms with E-state index in [4.69, 9.17) is 9.47 Å². The first kappa shape index (κ1) is 40.2. The minimum absolute atomic E-state index is 0.160. The number of nitrogens with one attached hydrogen (secondary N) is 4. The van der Waals surface area contributed by atoms with Crippen molar-refractivity contribution in [2.24, 2.45) is 30.2 Å². The first-order valence-electron chi connectivity index (χ1n) is 20.1. The minimum Gasteiger partial charge on any atom is -0.467 e. The van der Waals surface area contributed by atoms with Gasteiger partial charge in [-0.2, -0.15) is 0 Å². The smallest absolute Gasteiger partial charge is 0.408 e. The van der Waals surface area contributed by atoms with Crippen LogP contribution in [0.15, 0.2) is 42.9 Å². The zero-order valence-corrected chi connectivity index (χ0v) is 33.2. The largest absolute Gasteiger partial charge is 0.467 e. The predicted octanol–water partition coefficient (Wildman–Crippen LogP) is 4.67. The number of amides is 4. The van der Waals surface area contributed by atoms with Crippen molar-refractivity contribution in [2.45, 2.75) is 140 Å². The Kier molecular flexibility index (Phi) is 12.3. The van der Waals surface area contributed by atoms with Gasteiger partial charge in [-0.05, 0) is 89.0 Å². The number of carbonyl (C=O) groups excluding carboxylic acids is 5. The molecule has 13 heteroatoms. The summed E-state index contributed by atoms with van der Waals surface area (Å²) >= 11 is 0. The van der Waals surface area contributed by atoms with Crippen LogP contribution >= 0.6 is 0 Å². The summed E-state index contributed by atoms with van der Waals surface area (Å²) in [6.45, 7) is 5.32. The molecule has 4 N–H and O–H groups in total. The van der Waals surface area contributed by atoms with E-state index in [2.05, 4.69) is 26.3 Å². The highest BCUT2D eigenvalue weighted by molar-refractivity contribution is 5.93. The number of hydrogen-bond acceptors (Lipinski definition) is 8. The van der Waals surface area contributed by atoms with Crippen LogP contribution in [0, 0.1) is 23.2 Å². The number of benzene rings is 1. The Morgan fingerprint density at radius 1 is 0.873 bits per heavy atom. The number of ether oxygens (including phenoxy) is 2. The SMILES string of the molecule is COC(=O)[C@H](Cc1ccccc1)NC(=O)[C@H](CC1CCCCC1)NC(=O)C12CC3CC(CC(NC(=O)[C@H](Cc4cncn4C)NC(=O)OC(C)(C)C)(C3)C1)C2. The number of alkyl carbamates (subject to hydrolysis) is 1. The molecule has 0 aliphatic heterocycles. The van der Waals surface area contributed by atoms with Gasteiger partial charge < -0.3 is 35.3 Å². The Morgan fingerprint density at radius 2 is 1.56 bits per heavy atom. The van der Waals surface area contributed by atoms with E-state index in [0.717, 1.165) is 62.6 Å². The third-order valence-electron chi connectivity index (χ3n) is 12.3. The van der Waals surface area contributed by atoms with Crippen molar-refractivity contribution in [1.82, 2.24) is 30.8 Å². The standard InChI is InChI=1S/C42H60N6O7/c1-40(2,3)55-39(53)46-33(19-31-24-43-26-48(31)4)36(50)47-42-22-29-16-30(23-42)21-41(20-29,25-42)38(52)45-32(17-27-12-8-6-9-13-27)35(49)44-34(37(51)54-5)18-28-14-10-7-11-15-28/h7,10-11,14-15,24,26-27,29-30,32-34H,6,8-9,12-13,16-23,25H2,1-5H3,(H,44,49)(H,45,52)(H,46,53)(H,47,50)/t29?,30?,32-,33-,34-,41?,42?/m0/s1. The molecule has 0 saturated heterocycles. The number of esters is 1. The van der Waals surface area contributed by atoms with E-state index in [9.17, 15) is 24.0 Å². The number of carbonyl (C=O) groups is 5. The third kappa shape index (κ3) is 10.1. The Bertz CT molecular complexity index is 1680. The topological polar surface area (TPSA) is 170 Å². The molecule has 2 unspecified atom stereocenters. The van der Waals surface area contributed by atoms with Crippen molar-refractivity contribution in [3.63, 3.8) is 0 Å². The molecular formula is C42H60N6O7. The molecule has 1 heterocycles. The molecule has 0 radical (unpaired) electrons. The second kappa shape index (κ2) is 16.8. The van der Waals surface area contributed by atoms with Crippen molar-refractivity contribution >= 4 is 29.8 Å². The fraction of sp³-hybridized carbons (Fsp3) is 0.667. The van der Waals surface area contributed by atoms with Crippen LogP contribution in [-0.4, -0.2) is 75.7 Å². The number of hydrogen-bond donors (Lipinski definition) is 4. The maximum atomic E-state index is 14.7. The van der Waals surface area contributed by atoms with E-state index in [-0.39, 0.29) is 48.3 Å². The summed E-state index contributed by atoms with van der Waals surface area (Å²) in [5, 5.41) is 12.3. The minimum atomic E-state index is -0.926. The molecule has 2 aromatic rings.